The molecule has 4 N–H and O–H groups in total. The Kier molecular flexibility index (Phi) is 6.10. The van der Waals surface area contributed by atoms with Crippen molar-refractivity contribution in [1.82, 2.24) is 9.97 Å². The van der Waals surface area contributed by atoms with E-state index < -0.39 is 5.97 Å². The quantitative estimate of drug-likeness (QED) is 0.501. The maximum atomic E-state index is 10.8. The van der Waals surface area contributed by atoms with E-state index in [1.165, 1.54) is 0 Å². The zero-order valence-corrected chi connectivity index (χ0v) is 16.7. The summed E-state index contributed by atoms with van der Waals surface area (Å²) in [5.41, 5.74) is 8.82. The van der Waals surface area contributed by atoms with Crippen molar-refractivity contribution in [2.75, 3.05) is 17.7 Å². The van der Waals surface area contributed by atoms with Gasteiger partial charge in [-0.3, -0.25) is 4.79 Å². The average molecular weight is 443 g/mol. The molecule has 1 aromatic heterocycles. The van der Waals surface area contributed by atoms with Crippen LogP contribution in [0, 0.1) is 0 Å². The maximum absolute atomic E-state index is 10.8. The van der Waals surface area contributed by atoms with E-state index in [-0.39, 0.29) is 12.4 Å². The molecule has 8 heteroatoms. The molecule has 0 aliphatic heterocycles. The van der Waals surface area contributed by atoms with Crippen molar-refractivity contribution < 1.29 is 14.6 Å². The van der Waals surface area contributed by atoms with Crippen LogP contribution in [-0.2, 0) is 11.2 Å². The van der Waals surface area contributed by atoms with Crippen LogP contribution in [-0.4, -0.2) is 27.7 Å². The number of nitrogens with zero attached hydrogens (tertiary/aromatic N) is 2. The molecule has 3 rings (SSSR count). The summed E-state index contributed by atoms with van der Waals surface area (Å²) in [4.78, 5) is 19.4. The van der Waals surface area contributed by atoms with Gasteiger partial charge in [-0.2, -0.15) is 4.98 Å². The van der Waals surface area contributed by atoms with Gasteiger partial charge in [0.05, 0.1) is 18.7 Å². The molecule has 3 aromatic rings. The lowest BCUT2D eigenvalue weighted by Crippen LogP contribution is -2.03. The number of halogens is 1. The number of anilines is 3. The Hall–Kier alpha value is -3.13. The molecule has 0 spiro atoms. The molecule has 0 atom stereocenters. The summed E-state index contributed by atoms with van der Waals surface area (Å²) in [6.45, 7) is 2.45. The molecule has 144 valence electrons. The van der Waals surface area contributed by atoms with Crippen molar-refractivity contribution >= 4 is 39.4 Å². The number of benzene rings is 2. The number of ether oxygens (including phenoxy) is 1. The van der Waals surface area contributed by atoms with Crippen molar-refractivity contribution in [2.24, 2.45) is 0 Å². The van der Waals surface area contributed by atoms with Crippen molar-refractivity contribution in [3.05, 3.63) is 58.6 Å². The van der Waals surface area contributed by atoms with Crippen molar-refractivity contribution in [2.45, 2.75) is 13.3 Å². The number of carboxylic acid groups (broad SMARTS) is 1. The van der Waals surface area contributed by atoms with Gasteiger partial charge in [-0.25, -0.2) is 4.98 Å². The van der Waals surface area contributed by atoms with Crippen LogP contribution in [0.2, 0.25) is 0 Å². The first-order valence-corrected chi connectivity index (χ1v) is 9.39. The van der Waals surface area contributed by atoms with Crippen LogP contribution >= 0.6 is 15.9 Å². The van der Waals surface area contributed by atoms with E-state index in [1.807, 2.05) is 25.1 Å². The van der Waals surface area contributed by atoms with E-state index in [1.54, 1.807) is 30.3 Å². The zero-order chi connectivity index (χ0) is 20.1. The third kappa shape index (κ3) is 4.98. The minimum atomic E-state index is -0.868. The predicted molar refractivity (Wildman–Crippen MR) is 112 cm³/mol. The highest BCUT2D eigenvalue weighted by Gasteiger charge is 2.12. The van der Waals surface area contributed by atoms with Gasteiger partial charge in [0.1, 0.15) is 11.6 Å². The molecule has 0 bridgehead atoms. The number of nitrogens with one attached hydrogen (secondary N) is 1. The third-order valence-electron chi connectivity index (χ3n) is 3.84. The molecule has 28 heavy (non-hydrogen) atoms. The predicted octanol–water partition coefficient (Wildman–Crippen LogP) is 4.26. The first-order valence-electron chi connectivity index (χ1n) is 8.59. The Bertz CT molecular complexity index is 993. The molecule has 0 aliphatic rings. The Labute approximate surface area is 170 Å². The highest BCUT2D eigenvalue weighted by atomic mass is 79.9. The van der Waals surface area contributed by atoms with E-state index in [4.69, 9.17) is 15.6 Å². The second-order valence-corrected chi connectivity index (χ2v) is 6.88. The van der Waals surface area contributed by atoms with Crippen molar-refractivity contribution in [1.29, 1.82) is 0 Å². The molecule has 0 fully saturated rings. The van der Waals surface area contributed by atoms with Crippen LogP contribution in [0.15, 0.2) is 53.0 Å². The zero-order valence-electron chi connectivity index (χ0n) is 15.1. The van der Waals surface area contributed by atoms with Crippen LogP contribution in [0.4, 0.5) is 17.5 Å². The number of carbonyl (C=O) groups is 1. The summed E-state index contributed by atoms with van der Waals surface area (Å²) < 4.78 is 6.59. The van der Waals surface area contributed by atoms with Gasteiger partial charge in [-0.05, 0) is 42.8 Å². The highest BCUT2D eigenvalue weighted by molar-refractivity contribution is 9.10. The van der Waals surface area contributed by atoms with Gasteiger partial charge in [0.15, 0.2) is 0 Å². The summed E-state index contributed by atoms with van der Waals surface area (Å²) in [7, 11) is 0. The van der Waals surface area contributed by atoms with E-state index in [2.05, 4.69) is 31.2 Å². The number of carboxylic acids is 1. The highest BCUT2D eigenvalue weighted by Crippen LogP contribution is 2.33. The summed E-state index contributed by atoms with van der Waals surface area (Å²) in [6.07, 6.45) is -0.0199. The van der Waals surface area contributed by atoms with E-state index in [9.17, 15) is 4.79 Å². The number of rotatable bonds is 7. The van der Waals surface area contributed by atoms with E-state index in [0.717, 1.165) is 21.3 Å². The summed E-state index contributed by atoms with van der Waals surface area (Å²) in [5.74, 6) is 0.488. The molecule has 1 heterocycles. The van der Waals surface area contributed by atoms with E-state index in [0.29, 0.717) is 23.9 Å². The molecule has 2 aromatic carbocycles. The Morgan fingerprint density at radius 3 is 2.61 bits per heavy atom. The number of hydrogen-bond acceptors (Lipinski definition) is 6. The van der Waals surface area contributed by atoms with E-state index >= 15 is 0 Å². The lowest BCUT2D eigenvalue weighted by molar-refractivity contribution is -0.136. The minimum Gasteiger partial charge on any atom is -0.493 e. The number of hydrogen-bond donors (Lipinski definition) is 3. The molecule has 7 nitrogen and oxygen atoms in total. The fourth-order valence-corrected chi connectivity index (χ4v) is 3.04. The average Bonchev–Trinajstić information content (AvgIpc) is 2.64. The SMILES string of the molecule is CCOc1ccc(Br)cc1-c1cc(Nc2ccc(CC(=O)O)cc2)nc(N)n1. The van der Waals surface area contributed by atoms with Crippen LogP contribution in [0.25, 0.3) is 11.3 Å². The van der Waals surface area contributed by atoms with Crippen LogP contribution in [0.1, 0.15) is 12.5 Å². The topological polar surface area (TPSA) is 110 Å². The molecule has 0 saturated carbocycles. The molecule has 0 radical (unpaired) electrons. The first kappa shape index (κ1) is 19.6. The number of aromatic nitrogens is 2. The van der Waals surface area contributed by atoms with Gasteiger partial charge in [-0.15, -0.1) is 0 Å². The fraction of sp³-hybridized carbons (Fsp3) is 0.150. The standard InChI is InChI=1S/C20H19BrN4O3/c1-2-28-17-8-5-13(21)10-15(17)16-11-18(25-20(22)24-16)23-14-6-3-12(4-7-14)9-19(26)27/h3-8,10-11H,2,9H2,1H3,(H,26,27)(H3,22,23,24,25). The minimum absolute atomic E-state index is 0.0199. The van der Waals surface area contributed by atoms with Crippen molar-refractivity contribution in [3.8, 4) is 17.0 Å². The maximum Gasteiger partial charge on any atom is 0.307 e. The largest absolute Gasteiger partial charge is 0.493 e. The van der Waals surface area contributed by atoms with Gasteiger partial charge < -0.3 is 20.9 Å². The number of aliphatic carboxylic acids is 1. The first-order chi connectivity index (χ1) is 13.4. The van der Waals surface area contributed by atoms with Crippen LogP contribution < -0.4 is 15.8 Å². The van der Waals surface area contributed by atoms with Crippen molar-refractivity contribution in [3.63, 3.8) is 0 Å². The van der Waals surface area contributed by atoms with Gasteiger partial charge in [0.2, 0.25) is 5.95 Å². The summed E-state index contributed by atoms with van der Waals surface area (Å²) in [5, 5.41) is 12.0. The molecular weight excluding hydrogens is 424 g/mol. The van der Waals surface area contributed by atoms with Gasteiger partial charge in [-0.1, -0.05) is 28.1 Å². The molecule has 0 unspecified atom stereocenters. The lowest BCUT2D eigenvalue weighted by Gasteiger charge is -2.12. The number of nitrogens with two attached hydrogens (primary N) is 1. The Morgan fingerprint density at radius 1 is 1.18 bits per heavy atom. The summed E-state index contributed by atoms with van der Waals surface area (Å²) in [6, 6.07) is 14.6. The second-order valence-electron chi connectivity index (χ2n) is 5.96. The smallest absolute Gasteiger partial charge is 0.307 e. The monoisotopic (exact) mass is 442 g/mol. The molecular formula is C20H19BrN4O3. The lowest BCUT2D eigenvalue weighted by atomic mass is 10.1. The molecule has 0 aliphatic carbocycles. The van der Waals surface area contributed by atoms with Gasteiger partial charge in [0, 0.05) is 21.8 Å². The Morgan fingerprint density at radius 2 is 1.93 bits per heavy atom. The fourth-order valence-electron chi connectivity index (χ4n) is 2.68. The van der Waals surface area contributed by atoms with Gasteiger partial charge >= 0.3 is 5.97 Å². The molecule has 0 saturated heterocycles. The van der Waals surface area contributed by atoms with Crippen LogP contribution in [0.3, 0.4) is 0 Å². The van der Waals surface area contributed by atoms with Crippen LogP contribution in [0.5, 0.6) is 5.75 Å². The Balaban J connectivity index is 1.90. The van der Waals surface area contributed by atoms with Gasteiger partial charge in [0.25, 0.3) is 0 Å². The second kappa shape index (κ2) is 8.71. The third-order valence-corrected chi connectivity index (χ3v) is 4.34. The number of nitrogen functional groups attached to an aromatic ring is 1. The normalized spacial score (nSPS) is 10.5. The summed E-state index contributed by atoms with van der Waals surface area (Å²) >= 11 is 3.47. The molecule has 0 amide bonds.